The summed E-state index contributed by atoms with van der Waals surface area (Å²) in [7, 11) is 0. The molecular formula is C8H8NO2. The molecule has 0 aliphatic rings. The van der Waals surface area contributed by atoms with Gasteiger partial charge in [-0.05, 0) is 18.6 Å². The highest BCUT2D eigenvalue weighted by atomic mass is 16.3. The fourth-order valence-corrected chi connectivity index (χ4v) is 0.846. The molecule has 0 saturated carbocycles. The molecule has 0 aliphatic heterocycles. The third kappa shape index (κ3) is 1.32. The number of aryl methyl sites for hydroxylation is 1. The van der Waals surface area contributed by atoms with Gasteiger partial charge in [0.25, 0.3) is 5.91 Å². The molecule has 1 aromatic carbocycles. The van der Waals surface area contributed by atoms with Crippen LogP contribution in [0.2, 0.25) is 0 Å². The summed E-state index contributed by atoms with van der Waals surface area (Å²) in [5, 5.41) is 11.1. The molecule has 1 aromatic rings. The highest BCUT2D eigenvalue weighted by Gasteiger charge is 2.09. The molecule has 0 aromatic heterocycles. The van der Waals surface area contributed by atoms with Gasteiger partial charge in [-0.1, -0.05) is 12.1 Å². The first-order chi connectivity index (χ1) is 5.13. The number of amides is 1. The molecule has 1 amide bonds. The Balaban J connectivity index is 3.27. The van der Waals surface area contributed by atoms with Gasteiger partial charge in [-0.2, -0.15) is 0 Å². The van der Waals surface area contributed by atoms with Crippen LogP contribution in [0.5, 0.6) is 5.75 Å². The summed E-state index contributed by atoms with van der Waals surface area (Å²) in [6.07, 6.45) is 0. The number of rotatable bonds is 1. The zero-order chi connectivity index (χ0) is 8.43. The molecule has 0 bridgehead atoms. The Morgan fingerprint density at radius 2 is 2.09 bits per heavy atom. The van der Waals surface area contributed by atoms with E-state index in [0.717, 1.165) is 0 Å². The van der Waals surface area contributed by atoms with E-state index in [1.807, 2.05) is 0 Å². The molecule has 2 N–H and O–H groups in total. The Morgan fingerprint density at radius 3 is 2.55 bits per heavy atom. The van der Waals surface area contributed by atoms with Crippen LogP contribution in [-0.2, 0) is 5.11 Å². The van der Waals surface area contributed by atoms with E-state index in [0.29, 0.717) is 5.56 Å². The van der Waals surface area contributed by atoms with Crippen molar-refractivity contribution in [2.24, 2.45) is 5.73 Å². The van der Waals surface area contributed by atoms with Crippen molar-refractivity contribution in [1.29, 1.82) is 0 Å². The average molecular weight is 150 g/mol. The van der Waals surface area contributed by atoms with Gasteiger partial charge in [-0.3, -0.25) is 9.90 Å². The van der Waals surface area contributed by atoms with Crippen LogP contribution in [0.1, 0.15) is 15.9 Å². The first kappa shape index (κ1) is 7.60. The van der Waals surface area contributed by atoms with Crippen LogP contribution >= 0.6 is 0 Å². The molecule has 1 rings (SSSR count). The van der Waals surface area contributed by atoms with Crippen LogP contribution in [0.25, 0.3) is 0 Å². The third-order valence-electron chi connectivity index (χ3n) is 1.48. The maximum absolute atomic E-state index is 11.1. The number of hydrogen-bond acceptors (Lipinski definition) is 1. The second-order valence-corrected chi connectivity index (χ2v) is 2.32. The predicted molar refractivity (Wildman–Crippen MR) is 39.8 cm³/mol. The summed E-state index contributed by atoms with van der Waals surface area (Å²) in [5.41, 5.74) is 5.55. The molecule has 3 nitrogen and oxygen atoms in total. The fraction of sp³-hybridized carbons (Fsp3) is 0.125. The summed E-state index contributed by atoms with van der Waals surface area (Å²) in [6.45, 7) is 1.65. The molecule has 1 radical (unpaired) electrons. The Kier molecular flexibility index (Phi) is 1.81. The Bertz CT molecular complexity index is 294. The van der Waals surface area contributed by atoms with Crippen molar-refractivity contribution in [1.82, 2.24) is 0 Å². The first-order valence-corrected chi connectivity index (χ1v) is 3.19. The molecule has 11 heavy (non-hydrogen) atoms. The van der Waals surface area contributed by atoms with E-state index in [9.17, 15) is 9.90 Å². The molecule has 3 heteroatoms. The number of primary amides is 1. The van der Waals surface area contributed by atoms with Crippen LogP contribution in [0.4, 0.5) is 0 Å². The lowest BCUT2D eigenvalue weighted by Crippen LogP contribution is -2.10. The molecule has 0 unspecified atom stereocenters. The summed E-state index contributed by atoms with van der Waals surface area (Å²) < 4.78 is 0. The normalized spacial score (nSPS) is 9.55. The zero-order valence-corrected chi connectivity index (χ0v) is 6.13. The molecule has 0 spiro atoms. The molecule has 0 atom stereocenters. The van der Waals surface area contributed by atoms with Gasteiger partial charge in [0.1, 0.15) is 0 Å². The monoisotopic (exact) mass is 150 g/mol. The number of para-hydroxylation sites is 1. The number of carbonyl (C=O) groups is 1. The Labute approximate surface area is 64.5 Å². The maximum Gasteiger partial charge on any atom is 0.252 e. The first-order valence-electron chi connectivity index (χ1n) is 3.19. The standard InChI is InChI=1S/C8H8NO2/c1-5-3-2-4-6(7(5)10)8(9)11/h2-4H,1H3,(H2,9,11). The van der Waals surface area contributed by atoms with Crippen molar-refractivity contribution in [2.75, 3.05) is 0 Å². The smallest absolute Gasteiger partial charge is 0.252 e. The number of benzene rings is 1. The number of nitrogens with two attached hydrogens (primary N) is 1. The van der Waals surface area contributed by atoms with Gasteiger partial charge in [-0.15, -0.1) is 0 Å². The van der Waals surface area contributed by atoms with Gasteiger partial charge in [0.2, 0.25) is 0 Å². The lowest BCUT2D eigenvalue weighted by Gasteiger charge is -1.98. The fourth-order valence-electron chi connectivity index (χ4n) is 0.846. The van der Waals surface area contributed by atoms with Gasteiger partial charge < -0.3 is 5.73 Å². The summed E-state index contributed by atoms with van der Waals surface area (Å²) in [5.74, 6) is -0.946. The molecular weight excluding hydrogens is 142 g/mol. The van der Waals surface area contributed by atoms with E-state index in [1.54, 1.807) is 19.1 Å². The van der Waals surface area contributed by atoms with E-state index in [-0.39, 0.29) is 11.3 Å². The highest BCUT2D eigenvalue weighted by Crippen LogP contribution is 2.21. The van der Waals surface area contributed by atoms with E-state index in [4.69, 9.17) is 5.73 Å². The Morgan fingerprint density at radius 1 is 1.45 bits per heavy atom. The third-order valence-corrected chi connectivity index (χ3v) is 1.48. The minimum atomic E-state index is -0.668. The maximum atomic E-state index is 11.1. The van der Waals surface area contributed by atoms with Crippen molar-refractivity contribution in [3.05, 3.63) is 29.3 Å². The lowest BCUT2D eigenvalue weighted by molar-refractivity contribution is 0.0996. The van der Waals surface area contributed by atoms with E-state index < -0.39 is 5.91 Å². The van der Waals surface area contributed by atoms with Crippen LogP contribution in [0.15, 0.2) is 18.2 Å². The SMILES string of the molecule is Cc1cccc(C(N)=O)c1[O]. The van der Waals surface area contributed by atoms with Crippen molar-refractivity contribution >= 4 is 5.91 Å². The second kappa shape index (κ2) is 2.62. The number of hydrogen-bond donors (Lipinski definition) is 1. The van der Waals surface area contributed by atoms with Crippen molar-refractivity contribution in [3.63, 3.8) is 0 Å². The van der Waals surface area contributed by atoms with Gasteiger partial charge >= 0.3 is 0 Å². The van der Waals surface area contributed by atoms with Gasteiger partial charge in [-0.25, -0.2) is 0 Å². The predicted octanol–water partition coefficient (Wildman–Crippen LogP) is 1.24. The van der Waals surface area contributed by atoms with Crippen LogP contribution < -0.4 is 5.73 Å². The quantitative estimate of drug-likeness (QED) is 0.643. The number of carbonyl (C=O) groups excluding carboxylic acids is 1. The van der Waals surface area contributed by atoms with Gasteiger partial charge in [0, 0.05) is 0 Å². The topological polar surface area (TPSA) is 63.0 Å². The summed E-state index contributed by atoms with van der Waals surface area (Å²) in [6, 6.07) is 4.71. The highest BCUT2D eigenvalue weighted by molar-refractivity contribution is 5.95. The minimum absolute atomic E-state index is 0.0602. The van der Waals surface area contributed by atoms with Crippen molar-refractivity contribution in [3.8, 4) is 5.75 Å². The van der Waals surface area contributed by atoms with Crippen LogP contribution in [-0.4, -0.2) is 5.91 Å². The molecule has 0 aliphatic carbocycles. The van der Waals surface area contributed by atoms with E-state index >= 15 is 0 Å². The minimum Gasteiger partial charge on any atom is -0.365 e. The summed E-state index contributed by atoms with van der Waals surface area (Å²) >= 11 is 0. The molecule has 0 heterocycles. The lowest BCUT2D eigenvalue weighted by atomic mass is 10.1. The molecule has 57 valence electrons. The van der Waals surface area contributed by atoms with Gasteiger partial charge in [0.15, 0.2) is 5.75 Å². The average Bonchev–Trinajstić information content (AvgIpc) is 1.94. The Hall–Kier alpha value is -1.51. The van der Waals surface area contributed by atoms with E-state index in [1.165, 1.54) is 6.07 Å². The molecule has 0 fully saturated rings. The summed E-state index contributed by atoms with van der Waals surface area (Å²) in [4.78, 5) is 10.6. The largest absolute Gasteiger partial charge is 0.365 e. The molecule has 0 saturated heterocycles. The van der Waals surface area contributed by atoms with E-state index in [2.05, 4.69) is 0 Å². The van der Waals surface area contributed by atoms with Crippen molar-refractivity contribution < 1.29 is 9.90 Å². The zero-order valence-electron chi connectivity index (χ0n) is 6.13. The van der Waals surface area contributed by atoms with Gasteiger partial charge in [0.05, 0.1) is 5.56 Å². The van der Waals surface area contributed by atoms with Crippen molar-refractivity contribution in [2.45, 2.75) is 6.92 Å². The second-order valence-electron chi connectivity index (χ2n) is 2.32. The van der Waals surface area contributed by atoms with Crippen LogP contribution in [0.3, 0.4) is 0 Å². The van der Waals surface area contributed by atoms with Crippen LogP contribution in [0, 0.1) is 6.92 Å².